The van der Waals surface area contributed by atoms with Crippen LogP contribution in [0.4, 0.5) is 0 Å². The molecular weight excluding hydrogens is 402 g/mol. The van der Waals surface area contributed by atoms with Crippen molar-refractivity contribution in [3.8, 4) is 22.6 Å². The molecule has 4 aromatic rings. The summed E-state index contributed by atoms with van der Waals surface area (Å²) in [4.78, 5) is 15.8. The van der Waals surface area contributed by atoms with Crippen LogP contribution in [0.5, 0.6) is 11.5 Å². The Balaban J connectivity index is 1.98. The van der Waals surface area contributed by atoms with Gasteiger partial charge < -0.3 is 13.9 Å². The molecule has 0 amide bonds. The van der Waals surface area contributed by atoms with E-state index in [1.165, 1.54) is 19.2 Å². The largest absolute Gasteiger partial charge is 0.497 e. The van der Waals surface area contributed by atoms with Crippen LogP contribution >= 0.6 is 0 Å². The Morgan fingerprint density at radius 1 is 0.900 bits per heavy atom. The zero-order chi connectivity index (χ0) is 21.3. The summed E-state index contributed by atoms with van der Waals surface area (Å²) in [6.07, 6.45) is 0. The SMILES string of the molecule is COc1ccc2c(OS(=O)(=O)c3ccc(C)cc3)c(-c3ccccc3)c(=O)[nH]c2c1. The van der Waals surface area contributed by atoms with Crippen molar-refractivity contribution in [1.82, 2.24) is 4.98 Å². The van der Waals surface area contributed by atoms with E-state index >= 15 is 0 Å². The zero-order valence-corrected chi connectivity index (χ0v) is 17.2. The van der Waals surface area contributed by atoms with Crippen LogP contribution in [-0.2, 0) is 10.1 Å². The molecule has 152 valence electrons. The van der Waals surface area contributed by atoms with Gasteiger partial charge >= 0.3 is 10.1 Å². The molecule has 0 aliphatic rings. The van der Waals surface area contributed by atoms with Crippen LogP contribution < -0.4 is 14.5 Å². The lowest BCUT2D eigenvalue weighted by atomic mass is 10.0. The lowest BCUT2D eigenvalue weighted by Gasteiger charge is -2.14. The van der Waals surface area contributed by atoms with Crippen molar-refractivity contribution in [2.75, 3.05) is 7.11 Å². The first-order chi connectivity index (χ1) is 14.4. The molecule has 0 atom stereocenters. The number of nitrogens with one attached hydrogen (secondary N) is 1. The molecule has 0 saturated heterocycles. The number of aromatic nitrogens is 1. The molecule has 4 rings (SSSR count). The number of aryl methyl sites for hydroxylation is 1. The fraction of sp³-hybridized carbons (Fsp3) is 0.0870. The molecule has 1 aromatic heterocycles. The lowest BCUT2D eigenvalue weighted by molar-refractivity contribution is 0.415. The number of methoxy groups -OCH3 is 1. The molecule has 0 unspecified atom stereocenters. The van der Waals surface area contributed by atoms with Crippen LogP contribution in [0.3, 0.4) is 0 Å². The zero-order valence-electron chi connectivity index (χ0n) is 16.4. The van der Waals surface area contributed by atoms with Gasteiger partial charge in [-0.1, -0.05) is 48.0 Å². The first-order valence-corrected chi connectivity index (χ1v) is 10.6. The molecule has 0 radical (unpaired) electrons. The summed E-state index contributed by atoms with van der Waals surface area (Å²) in [5, 5.41) is 0.449. The third-order valence-electron chi connectivity index (χ3n) is 4.74. The van der Waals surface area contributed by atoms with E-state index in [1.807, 2.05) is 13.0 Å². The van der Waals surface area contributed by atoms with E-state index in [4.69, 9.17) is 8.92 Å². The molecule has 0 saturated carbocycles. The fourth-order valence-electron chi connectivity index (χ4n) is 3.19. The summed E-state index contributed by atoms with van der Waals surface area (Å²) in [6.45, 7) is 1.86. The van der Waals surface area contributed by atoms with Gasteiger partial charge in [-0.2, -0.15) is 8.42 Å². The van der Waals surface area contributed by atoms with Gasteiger partial charge in [0.1, 0.15) is 10.6 Å². The van der Waals surface area contributed by atoms with Gasteiger partial charge in [-0.25, -0.2) is 0 Å². The number of benzene rings is 3. The van der Waals surface area contributed by atoms with Gasteiger partial charge in [0.2, 0.25) is 0 Å². The van der Waals surface area contributed by atoms with Crippen LogP contribution in [-0.4, -0.2) is 20.5 Å². The minimum Gasteiger partial charge on any atom is -0.497 e. The van der Waals surface area contributed by atoms with Gasteiger partial charge in [0.15, 0.2) is 5.75 Å². The van der Waals surface area contributed by atoms with E-state index in [-0.39, 0.29) is 16.2 Å². The average Bonchev–Trinajstić information content (AvgIpc) is 2.74. The molecule has 0 bridgehead atoms. The van der Waals surface area contributed by atoms with Crippen molar-refractivity contribution in [3.05, 3.63) is 88.7 Å². The normalized spacial score (nSPS) is 11.4. The maximum atomic E-state index is 13.0. The predicted octanol–water partition coefficient (Wildman–Crippen LogP) is 4.28. The van der Waals surface area contributed by atoms with E-state index in [2.05, 4.69) is 4.98 Å². The van der Waals surface area contributed by atoms with Crippen molar-refractivity contribution < 1.29 is 17.3 Å². The number of fused-ring (bicyclic) bond motifs is 1. The third kappa shape index (κ3) is 3.67. The number of pyridine rings is 1. The van der Waals surface area contributed by atoms with Crippen molar-refractivity contribution in [2.45, 2.75) is 11.8 Å². The lowest BCUT2D eigenvalue weighted by Crippen LogP contribution is -2.16. The van der Waals surface area contributed by atoms with Crippen molar-refractivity contribution >= 4 is 21.0 Å². The number of aromatic amines is 1. The van der Waals surface area contributed by atoms with E-state index in [0.29, 0.717) is 22.2 Å². The second kappa shape index (κ2) is 7.68. The molecule has 7 heteroatoms. The van der Waals surface area contributed by atoms with Crippen LogP contribution in [0, 0.1) is 6.92 Å². The Bertz CT molecular complexity index is 1380. The van der Waals surface area contributed by atoms with Crippen LogP contribution in [0.25, 0.3) is 22.0 Å². The van der Waals surface area contributed by atoms with Crippen molar-refractivity contribution in [2.24, 2.45) is 0 Å². The smallest absolute Gasteiger partial charge is 0.339 e. The number of H-pyrrole nitrogens is 1. The Kier molecular flexibility index (Phi) is 5.05. The number of hydrogen-bond acceptors (Lipinski definition) is 5. The number of rotatable bonds is 5. The van der Waals surface area contributed by atoms with E-state index in [9.17, 15) is 13.2 Å². The Labute approximate surface area is 173 Å². The molecule has 1 N–H and O–H groups in total. The molecule has 0 aliphatic carbocycles. The molecule has 30 heavy (non-hydrogen) atoms. The molecular formula is C23H19NO5S. The van der Waals surface area contributed by atoms with Crippen LogP contribution in [0.2, 0.25) is 0 Å². The Hall–Kier alpha value is -3.58. The van der Waals surface area contributed by atoms with Gasteiger partial charge in [-0.15, -0.1) is 0 Å². The summed E-state index contributed by atoms with van der Waals surface area (Å²) in [5.41, 5.74) is 1.56. The van der Waals surface area contributed by atoms with Gasteiger partial charge in [0.05, 0.1) is 18.2 Å². The van der Waals surface area contributed by atoms with Gasteiger partial charge in [-0.05, 0) is 36.8 Å². The monoisotopic (exact) mass is 421 g/mol. The number of hydrogen-bond donors (Lipinski definition) is 1. The van der Waals surface area contributed by atoms with Gasteiger partial charge in [0, 0.05) is 11.5 Å². The fourth-order valence-corrected chi connectivity index (χ4v) is 4.15. The third-order valence-corrected chi connectivity index (χ3v) is 5.97. The predicted molar refractivity (Wildman–Crippen MR) is 116 cm³/mol. The maximum Gasteiger partial charge on any atom is 0.339 e. The topological polar surface area (TPSA) is 85.5 Å². The summed E-state index contributed by atoms with van der Waals surface area (Å²) >= 11 is 0. The van der Waals surface area contributed by atoms with Crippen molar-refractivity contribution in [1.29, 1.82) is 0 Å². The summed E-state index contributed by atoms with van der Waals surface area (Å²) in [7, 11) is -2.66. The highest BCUT2D eigenvalue weighted by Crippen LogP contribution is 2.36. The second-order valence-corrected chi connectivity index (χ2v) is 8.33. The minimum absolute atomic E-state index is 0.00838. The molecule has 0 aliphatic heterocycles. The van der Waals surface area contributed by atoms with E-state index in [0.717, 1.165) is 5.56 Å². The highest BCUT2D eigenvalue weighted by Gasteiger charge is 2.24. The minimum atomic E-state index is -4.17. The van der Waals surface area contributed by atoms with E-state index in [1.54, 1.807) is 54.6 Å². The first-order valence-electron chi connectivity index (χ1n) is 9.19. The first kappa shape index (κ1) is 19.7. The highest BCUT2D eigenvalue weighted by molar-refractivity contribution is 7.87. The Morgan fingerprint density at radius 3 is 2.27 bits per heavy atom. The van der Waals surface area contributed by atoms with Gasteiger partial charge in [-0.3, -0.25) is 4.79 Å². The highest BCUT2D eigenvalue weighted by atomic mass is 32.2. The van der Waals surface area contributed by atoms with Gasteiger partial charge in [0.25, 0.3) is 5.56 Å². The average molecular weight is 421 g/mol. The Morgan fingerprint density at radius 2 is 1.60 bits per heavy atom. The van der Waals surface area contributed by atoms with Crippen molar-refractivity contribution in [3.63, 3.8) is 0 Å². The summed E-state index contributed by atoms with van der Waals surface area (Å²) < 4.78 is 36.8. The maximum absolute atomic E-state index is 13.0. The molecule has 3 aromatic carbocycles. The molecule has 6 nitrogen and oxygen atoms in total. The standard InChI is InChI=1S/C23H19NO5S/c1-15-8-11-18(12-9-15)30(26,27)29-22-19-13-10-17(28-2)14-20(19)24-23(25)21(22)16-6-4-3-5-7-16/h3-14H,1-2H3,(H,24,25). The van der Waals surface area contributed by atoms with Crippen LogP contribution in [0.15, 0.2) is 82.5 Å². The van der Waals surface area contributed by atoms with Crippen LogP contribution in [0.1, 0.15) is 5.56 Å². The summed E-state index contributed by atoms with van der Waals surface area (Å²) in [5.74, 6) is 0.501. The molecule has 0 spiro atoms. The van der Waals surface area contributed by atoms with E-state index < -0.39 is 15.7 Å². The quantitative estimate of drug-likeness (QED) is 0.486. The molecule has 0 fully saturated rings. The molecule has 1 heterocycles. The number of ether oxygens (including phenoxy) is 1. The second-order valence-electron chi connectivity index (χ2n) is 6.79. The summed E-state index contributed by atoms with van der Waals surface area (Å²) in [6, 6.07) is 20.1.